The highest BCUT2D eigenvalue weighted by Gasteiger charge is 2.58. The molecule has 2 saturated heterocycles. The van der Waals surface area contributed by atoms with Gasteiger partial charge in [0.25, 0.3) is 0 Å². The highest BCUT2D eigenvalue weighted by atomic mass is 16.7. The lowest BCUT2D eigenvalue weighted by Crippen LogP contribution is -2.38. The molecule has 2 aromatic carbocycles. The van der Waals surface area contributed by atoms with Crippen molar-refractivity contribution in [2.45, 2.75) is 64.0 Å². The zero-order valence-electron chi connectivity index (χ0n) is 18.4. The molecule has 0 bridgehead atoms. The van der Waals surface area contributed by atoms with Crippen molar-refractivity contribution >= 4 is 11.9 Å². The maximum absolute atomic E-state index is 12.8. The van der Waals surface area contributed by atoms with Crippen molar-refractivity contribution < 1.29 is 23.9 Å². The molecule has 2 aliphatic heterocycles. The van der Waals surface area contributed by atoms with Gasteiger partial charge < -0.3 is 9.47 Å². The summed E-state index contributed by atoms with van der Waals surface area (Å²) in [6, 6.07) is 18.9. The molecule has 0 saturated carbocycles. The number of ether oxygens (including phenoxy) is 2. The molecule has 0 aliphatic carbocycles. The van der Waals surface area contributed by atoms with Crippen molar-refractivity contribution in [3.05, 3.63) is 71.8 Å². The van der Waals surface area contributed by atoms with Crippen LogP contribution in [0.5, 0.6) is 0 Å². The van der Waals surface area contributed by atoms with Crippen LogP contribution >= 0.6 is 0 Å². The average Bonchev–Trinajstić information content (AvgIpc) is 3.21. The Balaban J connectivity index is 1.69. The van der Waals surface area contributed by atoms with Crippen molar-refractivity contribution in [2.75, 3.05) is 0 Å². The normalized spacial score (nSPS) is 26.0. The first-order valence-electron chi connectivity index (χ1n) is 10.7. The Hall–Kier alpha value is -2.70. The van der Waals surface area contributed by atoms with Gasteiger partial charge in [0.15, 0.2) is 0 Å². The number of hydroxylamine groups is 2. The molecule has 2 heterocycles. The van der Waals surface area contributed by atoms with Crippen LogP contribution in [0.3, 0.4) is 0 Å². The maximum atomic E-state index is 12.8. The van der Waals surface area contributed by atoms with Gasteiger partial charge in [-0.05, 0) is 38.8 Å². The predicted molar refractivity (Wildman–Crippen MR) is 115 cm³/mol. The number of fused-ring (bicyclic) bond motifs is 1. The summed E-state index contributed by atoms with van der Waals surface area (Å²) in [5.74, 6) is -0.920. The fourth-order valence-electron chi connectivity index (χ4n) is 4.52. The Morgan fingerprint density at radius 2 is 1.58 bits per heavy atom. The van der Waals surface area contributed by atoms with Gasteiger partial charge in [-0.1, -0.05) is 60.7 Å². The lowest BCUT2D eigenvalue weighted by Gasteiger charge is -2.30. The average molecular weight is 424 g/mol. The van der Waals surface area contributed by atoms with Gasteiger partial charge in [-0.3, -0.25) is 14.4 Å². The number of esters is 2. The summed E-state index contributed by atoms with van der Waals surface area (Å²) in [5, 5.41) is 1.73. The van der Waals surface area contributed by atoms with Crippen LogP contribution in [0.15, 0.2) is 60.7 Å². The number of benzene rings is 2. The van der Waals surface area contributed by atoms with E-state index in [1.807, 2.05) is 88.4 Å². The molecule has 0 aromatic heterocycles. The smallest absolute Gasteiger partial charge is 0.326 e. The van der Waals surface area contributed by atoms with Crippen LogP contribution < -0.4 is 0 Å². The first kappa shape index (κ1) is 21.5. The summed E-state index contributed by atoms with van der Waals surface area (Å²) in [6.45, 7) is 7.36. The lowest BCUT2D eigenvalue weighted by atomic mass is 9.89. The molecule has 0 radical (unpaired) electrons. The molecule has 0 unspecified atom stereocenters. The molecule has 6 nitrogen and oxygen atoms in total. The van der Waals surface area contributed by atoms with E-state index in [1.165, 1.54) is 0 Å². The zero-order chi connectivity index (χ0) is 22.2. The van der Waals surface area contributed by atoms with E-state index in [1.54, 1.807) is 5.06 Å². The van der Waals surface area contributed by atoms with Crippen molar-refractivity contribution in [3.8, 4) is 0 Å². The molecule has 2 aliphatic rings. The summed E-state index contributed by atoms with van der Waals surface area (Å²) >= 11 is 0. The SMILES string of the molecule is C[C@@H]1OC(=O)[C@H]2[C@@H]1[C@@H](CC(=O)OC(C)(C)C)ON2C(c1ccccc1)c1ccccc1. The molecule has 164 valence electrons. The first-order valence-corrected chi connectivity index (χ1v) is 10.7. The van der Waals surface area contributed by atoms with Gasteiger partial charge in [0.1, 0.15) is 17.7 Å². The minimum Gasteiger partial charge on any atom is -0.461 e. The van der Waals surface area contributed by atoms with Gasteiger partial charge in [0.2, 0.25) is 0 Å². The van der Waals surface area contributed by atoms with Gasteiger partial charge in [0.05, 0.1) is 24.5 Å². The minimum atomic E-state index is -0.590. The number of cyclic esters (lactones) is 1. The van der Waals surface area contributed by atoms with E-state index in [9.17, 15) is 9.59 Å². The summed E-state index contributed by atoms with van der Waals surface area (Å²) in [4.78, 5) is 31.8. The van der Waals surface area contributed by atoms with Crippen molar-refractivity contribution in [3.63, 3.8) is 0 Å². The molecular formula is C25H29NO5. The Kier molecular flexibility index (Phi) is 5.86. The molecule has 6 heteroatoms. The molecular weight excluding hydrogens is 394 g/mol. The van der Waals surface area contributed by atoms with Crippen LogP contribution in [0.1, 0.15) is 51.3 Å². The van der Waals surface area contributed by atoms with Crippen LogP contribution in [-0.4, -0.2) is 40.9 Å². The third-order valence-corrected chi connectivity index (χ3v) is 5.68. The summed E-state index contributed by atoms with van der Waals surface area (Å²) in [6.07, 6.45) is -0.787. The van der Waals surface area contributed by atoms with E-state index in [0.29, 0.717) is 0 Å². The van der Waals surface area contributed by atoms with Crippen LogP contribution in [0, 0.1) is 5.92 Å². The molecule has 4 atom stereocenters. The largest absolute Gasteiger partial charge is 0.461 e. The van der Waals surface area contributed by atoms with E-state index < -0.39 is 17.7 Å². The Morgan fingerprint density at radius 1 is 1.03 bits per heavy atom. The fraction of sp³-hybridized carbons (Fsp3) is 0.440. The molecule has 0 amide bonds. The Morgan fingerprint density at radius 3 is 2.10 bits per heavy atom. The highest BCUT2D eigenvalue weighted by molar-refractivity contribution is 5.80. The van der Waals surface area contributed by atoms with Crippen molar-refractivity contribution in [2.24, 2.45) is 5.92 Å². The van der Waals surface area contributed by atoms with E-state index in [4.69, 9.17) is 14.3 Å². The molecule has 4 rings (SSSR count). The second-order valence-corrected chi connectivity index (χ2v) is 9.18. The highest BCUT2D eigenvalue weighted by Crippen LogP contribution is 2.45. The van der Waals surface area contributed by atoms with Crippen molar-refractivity contribution in [1.82, 2.24) is 5.06 Å². The summed E-state index contributed by atoms with van der Waals surface area (Å²) in [5.41, 5.74) is 1.41. The molecule has 0 N–H and O–H groups in total. The second-order valence-electron chi connectivity index (χ2n) is 9.18. The third-order valence-electron chi connectivity index (χ3n) is 5.68. The number of carbonyl (C=O) groups excluding carboxylic acids is 2. The van der Waals surface area contributed by atoms with Gasteiger partial charge in [0, 0.05) is 0 Å². The topological polar surface area (TPSA) is 65.1 Å². The number of hydrogen-bond donors (Lipinski definition) is 0. The first-order chi connectivity index (χ1) is 14.7. The van der Waals surface area contributed by atoms with E-state index >= 15 is 0 Å². The lowest BCUT2D eigenvalue weighted by molar-refractivity contribution is -0.203. The quantitative estimate of drug-likeness (QED) is 0.676. The number of rotatable bonds is 5. The standard InChI is InChI=1S/C25H29NO5/c1-16-21-19(15-20(27)30-25(2,3)4)31-26(23(21)24(28)29-16)22(17-11-7-5-8-12-17)18-13-9-6-10-14-18/h5-14,16,19,21-23H,15H2,1-4H3/t16-,19+,21-,23+/m0/s1. The van der Waals surface area contributed by atoms with Crippen LogP contribution in [0.25, 0.3) is 0 Å². The summed E-state index contributed by atoms with van der Waals surface area (Å²) < 4.78 is 11.1. The van der Waals surface area contributed by atoms with E-state index in [0.717, 1.165) is 11.1 Å². The van der Waals surface area contributed by atoms with E-state index in [2.05, 4.69) is 0 Å². The van der Waals surface area contributed by atoms with E-state index in [-0.39, 0.29) is 36.4 Å². The Bertz CT molecular complexity index is 884. The number of nitrogens with zero attached hydrogens (tertiary/aromatic N) is 1. The van der Waals surface area contributed by atoms with Crippen LogP contribution in [0.2, 0.25) is 0 Å². The predicted octanol–water partition coefficient (Wildman–Crippen LogP) is 4.05. The third kappa shape index (κ3) is 4.50. The van der Waals surface area contributed by atoms with Crippen LogP contribution in [-0.2, 0) is 23.9 Å². The minimum absolute atomic E-state index is 0.0617. The molecule has 31 heavy (non-hydrogen) atoms. The second kappa shape index (κ2) is 8.44. The monoisotopic (exact) mass is 423 g/mol. The fourth-order valence-corrected chi connectivity index (χ4v) is 4.52. The van der Waals surface area contributed by atoms with Gasteiger partial charge in [-0.25, -0.2) is 0 Å². The van der Waals surface area contributed by atoms with Gasteiger partial charge in [-0.15, -0.1) is 0 Å². The summed E-state index contributed by atoms with van der Waals surface area (Å²) in [7, 11) is 0. The molecule has 2 fully saturated rings. The Labute approximate surface area is 183 Å². The maximum Gasteiger partial charge on any atom is 0.326 e. The zero-order valence-corrected chi connectivity index (χ0v) is 18.4. The molecule has 0 spiro atoms. The van der Waals surface area contributed by atoms with Gasteiger partial charge >= 0.3 is 11.9 Å². The van der Waals surface area contributed by atoms with Crippen LogP contribution in [0.4, 0.5) is 0 Å². The van der Waals surface area contributed by atoms with Crippen molar-refractivity contribution in [1.29, 1.82) is 0 Å². The number of carbonyl (C=O) groups is 2. The molecule has 2 aromatic rings. The van der Waals surface area contributed by atoms with Gasteiger partial charge in [-0.2, -0.15) is 5.06 Å². The number of hydrogen-bond acceptors (Lipinski definition) is 6.